The zero-order chi connectivity index (χ0) is 40.5. The summed E-state index contributed by atoms with van der Waals surface area (Å²) in [7, 11) is 4.21. The summed E-state index contributed by atoms with van der Waals surface area (Å²) in [6.45, 7) is 11.6. The molecule has 0 saturated carbocycles. The van der Waals surface area contributed by atoms with Crippen molar-refractivity contribution in [3.63, 3.8) is 0 Å². The Balaban J connectivity index is 5.14. The van der Waals surface area contributed by atoms with Crippen molar-refractivity contribution in [3.8, 4) is 0 Å². The van der Waals surface area contributed by atoms with E-state index in [0.717, 1.165) is 58.0 Å². The first kappa shape index (κ1) is 53.6. The minimum absolute atomic E-state index is 0.172. The highest BCUT2D eigenvalue weighted by molar-refractivity contribution is 5.81. The molecule has 1 amide bonds. The quantitative estimate of drug-likeness (QED) is 0.0352. The number of hydrogen-bond donors (Lipinski definition) is 0. The van der Waals surface area contributed by atoms with Gasteiger partial charge in [0.25, 0.3) is 0 Å². The van der Waals surface area contributed by atoms with Crippen LogP contribution in [-0.4, -0.2) is 61.5 Å². The molecule has 0 saturated heterocycles. The predicted molar refractivity (Wildman–Crippen MR) is 242 cm³/mol. The van der Waals surface area contributed by atoms with Crippen molar-refractivity contribution in [2.24, 2.45) is 5.92 Å². The summed E-state index contributed by atoms with van der Waals surface area (Å²) in [5, 5.41) is 0. The highest BCUT2D eigenvalue weighted by atomic mass is 16.5. The fourth-order valence-electron chi connectivity index (χ4n) is 8.04. The minimum atomic E-state index is -0.172. The third kappa shape index (κ3) is 36.7. The number of hydrogen-bond acceptors (Lipinski definition) is 4. The molecule has 0 bridgehead atoms. The lowest BCUT2D eigenvalue weighted by Gasteiger charge is -2.33. The van der Waals surface area contributed by atoms with Gasteiger partial charge in [-0.1, -0.05) is 201 Å². The second kappa shape index (κ2) is 42.3. The molecule has 0 rings (SSSR count). The Labute approximate surface area is 345 Å². The fourth-order valence-corrected chi connectivity index (χ4v) is 8.04. The Bertz CT molecular complexity index is 843. The fraction of sp³-hybridized carbons (Fsp3) is 0.920. The lowest BCUT2D eigenvalue weighted by molar-refractivity contribution is -0.139. The van der Waals surface area contributed by atoms with Crippen molar-refractivity contribution in [2.75, 3.05) is 33.8 Å². The van der Waals surface area contributed by atoms with Crippen molar-refractivity contribution in [3.05, 3.63) is 12.2 Å². The van der Waals surface area contributed by atoms with Gasteiger partial charge >= 0.3 is 5.97 Å². The van der Waals surface area contributed by atoms with Gasteiger partial charge in [-0.25, -0.2) is 4.79 Å². The maximum atomic E-state index is 13.8. The van der Waals surface area contributed by atoms with Crippen LogP contribution in [0.2, 0.25) is 0 Å². The molecule has 55 heavy (non-hydrogen) atoms. The molecule has 2 unspecified atom stereocenters. The Kier molecular flexibility index (Phi) is 41.2. The Morgan fingerprint density at radius 1 is 0.491 bits per heavy atom. The van der Waals surface area contributed by atoms with Gasteiger partial charge in [-0.15, -0.1) is 0 Å². The molecule has 0 spiro atoms. The van der Waals surface area contributed by atoms with Crippen molar-refractivity contribution in [1.82, 2.24) is 9.80 Å². The van der Waals surface area contributed by atoms with Crippen LogP contribution >= 0.6 is 0 Å². The summed E-state index contributed by atoms with van der Waals surface area (Å²) in [4.78, 5) is 31.0. The molecule has 0 aliphatic carbocycles. The third-order valence-electron chi connectivity index (χ3n) is 11.7. The number of allylic oxidation sites excluding steroid dienone is 1. The molecule has 0 radical (unpaired) electrons. The molecule has 5 heteroatoms. The topological polar surface area (TPSA) is 49.9 Å². The zero-order valence-electron chi connectivity index (χ0n) is 38.3. The van der Waals surface area contributed by atoms with Gasteiger partial charge in [-0.3, -0.25) is 4.79 Å². The Morgan fingerprint density at radius 2 is 0.909 bits per heavy atom. The summed E-state index contributed by atoms with van der Waals surface area (Å²) in [5.41, 5.74) is 0. The van der Waals surface area contributed by atoms with Crippen LogP contribution in [0.25, 0.3) is 0 Å². The number of amides is 1. The molecule has 326 valence electrons. The lowest BCUT2D eigenvalue weighted by Crippen LogP contribution is -2.41. The Hall–Kier alpha value is -1.36. The number of carbonyl (C=O) groups is 2. The van der Waals surface area contributed by atoms with Crippen molar-refractivity contribution in [1.29, 1.82) is 0 Å². The van der Waals surface area contributed by atoms with Gasteiger partial charge in [-0.2, -0.15) is 0 Å². The lowest BCUT2D eigenvalue weighted by atomic mass is 9.95. The molecule has 0 aromatic rings. The molecule has 0 aromatic carbocycles. The molecule has 0 heterocycles. The first-order valence-electron chi connectivity index (χ1n) is 24.7. The van der Waals surface area contributed by atoms with Crippen LogP contribution in [0, 0.1) is 5.92 Å². The number of esters is 1. The van der Waals surface area contributed by atoms with Crippen molar-refractivity contribution < 1.29 is 14.3 Å². The van der Waals surface area contributed by atoms with Crippen LogP contribution in [-0.2, 0) is 14.3 Å². The molecule has 2 atom stereocenters. The van der Waals surface area contributed by atoms with E-state index in [2.05, 4.69) is 51.6 Å². The van der Waals surface area contributed by atoms with Crippen LogP contribution in [0.1, 0.15) is 252 Å². The van der Waals surface area contributed by atoms with E-state index in [0.29, 0.717) is 30.9 Å². The SMILES string of the molecule is CCCCCCCCCCC(CCCCC=CC(=O)OCC(CCCCCC)CCCCCCCC)N(CCCCCCCCCC)C(=O)CCCN(C)C. The van der Waals surface area contributed by atoms with E-state index in [1.54, 1.807) is 6.08 Å². The van der Waals surface area contributed by atoms with E-state index in [4.69, 9.17) is 4.74 Å². The Morgan fingerprint density at radius 3 is 1.40 bits per heavy atom. The van der Waals surface area contributed by atoms with Gasteiger partial charge in [0, 0.05) is 25.1 Å². The van der Waals surface area contributed by atoms with Crippen LogP contribution in [0.3, 0.4) is 0 Å². The van der Waals surface area contributed by atoms with Gasteiger partial charge < -0.3 is 14.5 Å². The number of rotatable bonds is 43. The first-order chi connectivity index (χ1) is 26.9. The van der Waals surface area contributed by atoms with Gasteiger partial charge in [-0.05, 0) is 77.9 Å². The molecule has 0 aliphatic heterocycles. The largest absolute Gasteiger partial charge is 0.462 e. The van der Waals surface area contributed by atoms with E-state index in [1.807, 2.05) is 6.08 Å². The van der Waals surface area contributed by atoms with Crippen molar-refractivity contribution >= 4 is 11.9 Å². The highest BCUT2D eigenvalue weighted by Crippen LogP contribution is 2.22. The maximum Gasteiger partial charge on any atom is 0.330 e. The van der Waals surface area contributed by atoms with Gasteiger partial charge in [0.1, 0.15) is 0 Å². The van der Waals surface area contributed by atoms with E-state index < -0.39 is 0 Å². The summed E-state index contributed by atoms with van der Waals surface area (Å²) < 4.78 is 5.80. The molecule has 0 fully saturated rings. The van der Waals surface area contributed by atoms with E-state index >= 15 is 0 Å². The molecule has 0 N–H and O–H groups in total. The number of nitrogens with zero attached hydrogens (tertiary/aromatic N) is 2. The summed E-state index contributed by atoms with van der Waals surface area (Å²) in [6, 6.07) is 0.339. The first-order valence-corrected chi connectivity index (χ1v) is 24.7. The van der Waals surface area contributed by atoms with Crippen LogP contribution < -0.4 is 0 Å². The van der Waals surface area contributed by atoms with Gasteiger partial charge in [0.05, 0.1) is 6.61 Å². The van der Waals surface area contributed by atoms with E-state index in [9.17, 15) is 9.59 Å². The third-order valence-corrected chi connectivity index (χ3v) is 11.7. The number of unbranched alkanes of at least 4 members (excludes halogenated alkanes) is 24. The zero-order valence-corrected chi connectivity index (χ0v) is 38.3. The predicted octanol–water partition coefficient (Wildman–Crippen LogP) is 15.2. The van der Waals surface area contributed by atoms with E-state index in [-0.39, 0.29) is 5.97 Å². The average Bonchev–Trinajstić information content (AvgIpc) is 3.17. The van der Waals surface area contributed by atoms with E-state index in [1.165, 1.54) is 173 Å². The maximum absolute atomic E-state index is 13.8. The second-order valence-electron chi connectivity index (χ2n) is 17.5. The normalized spacial score (nSPS) is 12.9. The highest BCUT2D eigenvalue weighted by Gasteiger charge is 2.23. The smallest absolute Gasteiger partial charge is 0.330 e. The molecule has 0 aliphatic rings. The standard InChI is InChI=1S/C50H98N2O3/c1-7-11-15-19-22-24-27-33-40-48(52(49(53)42-37-44-51(5)6)45-36-30-25-23-20-16-12-8-2)41-34-28-29-35-43-50(54)55-46-47(38-31-18-14-10-4)39-32-26-21-17-13-9-3/h35,43,47-48H,7-34,36-42,44-46H2,1-6H3. The van der Waals surface area contributed by atoms with Crippen LogP contribution in [0.5, 0.6) is 0 Å². The minimum Gasteiger partial charge on any atom is -0.462 e. The van der Waals surface area contributed by atoms with Crippen LogP contribution in [0.4, 0.5) is 0 Å². The number of carbonyl (C=O) groups excluding carboxylic acids is 2. The average molecular weight is 775 g/mol. The molecule has 5 nitrogen and oxygen atoms in total. The molecular weight excluding hydrogens is 677 g/mol. The summed E-state index contributed by atoms with van der Waals surface area (Å²) in [5.74, 6) is 0.698. The number of ether oxygens (including phenoxy) is 1. The summed E-state index contributed by atoms with van der Waals surface area (Å²) in [6.07, 6.45) is 46.9. The molecular formula is C50H98N2O3. The monoisotopic (exact) mass is 775 g/mol. The second-order valence-corrected chi connectivity index (χ2v) is 17.5. The van der Waals surface area contributed by atoms with Gasteiger partial charge in [0.2, 0.25) is 5.91 Å². The van der Waals surface area contributed by atoms with Gasteiger partial charge in [0.15, 0.2) is 0 Å². The summed E-state index contributed by atoms with van der Waals surface area (Å²) >= 11 is 0. The van der Waals surface area contributed by atoms with Crippen LogP contribution in [0.15, 0.2) is 12.2 Å². The van der Waals surface area contributed by atoms with Crippen molar-refractivity contribution in [2.45, 2.75) is 258 Å². The molecule has 0 aromatic heterocycles.